The Balaban J connectivity index is 2.67. The molecule has 0 aromatic rings. The van der Waals surface area contributed by atoms with Crippen LogP contribution in [-0.2, 0) is 4.79 Å². The topological polar surface area (TPSA) is 40.5 Å². The monoisotopic (exact) mass is 225 g/mol. The predicted octanol–water partition coefficient (Wildman–Crippen LogP) is 2.67. The fourth-order valence-electron chi connectivity index (χ4n) is 2.71. The van der Waals surface area contributed by atoms with Crippen molar-refractivity contribution in [3.05, 3.63) is 12.7 Å². The van der Waals surface area contributed by atoms with E-state index in [1.807, 2.05) is 6.08 Å². The fourth-order valence-corrected chi connectivity index (χ4v) is 2.71. The first-order valence-electron chi connectivity index (χ1n) is 6.15. The predicted molar refractivity (Wildman–Crippen MR) is 65.5 cm³/mol. The average Bonchev–Trinajstić information content (AvgIpc) is 2.26. The standard InChI is InChI=1S/C13H23NO2/c1-3-4-10-14(2)13(11-12(15)16)8-6-5-7-9-13/h3H,1,4-11H2,2H3,(H,15,16). The van der Waals surface area contributed by atoms with Crippen LogP contribution in [-0.4, -0.2) is 35.1 Å². The minimum atomic E-state index is -0.674. The van der Waals surface area contributed by atoms with Gasteiger partial charge in [-0.3, -0.25) is 9.69 Å². The normalized spacial score (nSPS) is 19.6. The summed E-state index contributed by atoms with van der Waals surface area (Å²) in [6.07, 6.45) is 8.71. The second-order valence-corrected chi connectivity index (χ2v) is 4.85. The number of carbonyl (C=O) groups is 1. The zero-order valence-electron chi connectivity index (χ0n) is 10.2. The molecule has 1 N–H and O–H groups in total. The maximum absolute atomic E-state index is 11.0. The third-order valence-corrected chi connectivity index (χ3v) is 3.74. The van der Waals surface area contributed by atoms with Crippen molar-refractivity contribution < 1.29 is 9.90 Å². The maximum Gasteiger partial charge on any atom is 0.305 e. The van der Waals surface area contributed by atoms with Gasteiger partial charge in [0.05, 0.1) is 6.42 Å². The highest BCUT2D eigenvalue weighted by molar-refractivity contribution is 5.68. The lowest BCUT2D eigenvalue weighted by Gasteiger charge is -2.44. The molecule has 0 atom stereocenters. The molecule has 0 aliphatic heterocycles. The van der Waals surface area contributed by atoms with Crippen LogP contribution < -0.4 is 0 Å². The smallest absolute Gasteiger partial charge is 0.305 e. The van der Waals surface area contributed by atoms with Gasteiger partial charge in [-0.2, -0.15) is 0 Å². The lowest BCUT2D eigenvalue weighted by molar-refractivity contribution is -0.141. The van der Waals surface area contributed by atoms with Gasteiger partial charge in [-0.05, 0) is 26.3 Å². The summed E-state index contributed by atoms with van der Waals surface area (Å²) < 4.78 is 0. The van der Waals surface area contributed by atoms with Gasteiger partial charge in [0.15, 0.2) is 0 Å². The summed E-state index contributed by atoms with van der Waals surface area (Å²) in [7, 11) is 2.05. The van der Waals surface area contributed by atoms with Crippen molar-refractivity contribution in [2.24, 2.45) is 0 Å². The van der Waals surface area contributed by atoms with E-state index in [1.54, 1.807) is 0 Å². The van der Waals surface area contributed by atoms with Crippen molar-refractivity contribution in [3.63, 3.8) is 0 Å². The zero-order chi connectivity index (χ0) is 12.0. The number of hydrogen-bond donors (Lipinski definition) is 1. The molecule has 0 unspecified atom stereocenters. The molecule has 16 heavy (non-hydrogen) atoms. The van der Waals surface area contributed by atoms with E-state index in [4.69, 9.17) is 5.11 Å². The molecule has 3 heteroatoms. The summed E-state index contributed by atoms with van der Waals surface area (Å²) in [5.41, 5.74) is -0.104. The second kappa shape index (κ2) is 6.04. The highest BCUT2D eigenvalue weighted by Crippen LogP contribution is 2.35. The molecule has 1 aliphatic rings. The molecule has 0 bridgehead atoms. The first-order valence-corrected chi connectivity index (χ1v) is 6.15. The molecule has 0 amide bonds. The lowest BCUT2D eigenvalue weighted by Crippen LogP contribution is -2.49. The van der Waals surface area contributed by atoms with E-state index in [9.17, 15) is 4.79 Å². The van der Waals surface area contributed by atoms with Gasteiger partial charge in [-0.25, -0.2) is 0 Å². The van der Waals surface area contributed by atoms with Gasteiger partial charge in [-0.15, -0.1) is 6.58 Å². The SMILES string of the molecule is C=CCCN(C)C1(CC(=O)O)CCCCC1. The number of carboxylic acids is 1. The summed E-state index contributed by atoms with van der Waals surface area (Å²) >= 11 is 0. The quantitative estimate of drug-likeness (QED) is 0.706. The molecule has 0 radical (unpaired) electrons. The van der Waals surface area contributed by atoms with Crippen LogP contribution in [0, 0.1) is 0 Å². The molecule has 0 aromatic heterocycles. The third-order valence-electron chi connectivity index (χ3n) is 3.74. The largest absolute Gasteiger partial charge is 0.481 e. The van der Waals surface area contributed by atoms with Gasteiger partial charge < -0.3 is 5.11 Å². The Bertz CT molecular complexity index is 244. The Morgan fingerprint density at radius 3 is 2.56 bits per heavy atom. The van der Waals surface area contributed by atoms with Crippen molar-refractivity contribution in [2.45, 2.75) is 50.5 Å². The van der Waals surface area contributed by atoms with Crippen molar-refractivity contribution in [3.8, 4) is 0 Å². The molecule has 1 rings (SSSR count). The van der Waals surface area contributed by atoms with Gasteiger partial charge in [-0.1, -0.05) is 25.3 Å². The molecule has 1 saturated carbocycles. The maximum atomic E-state index is 11.0. The van der Waals surface area contributed by atoms with Gasteiger partial charge in [0, 0.05) is 12.1 Å². The summed E-state index contributed by atoms with van der Waals surface area (Å²) in [6.45, 7) is 4.63. The Morgan fingerprint density at radius 2 is 2.06 bits per heavy atom. The van der Waals surface area contributed by atoms with Crippen LogP contribution in [0.5, 0.6) is 0 Å². The minimum Gasteiger partial charge on any atom is -0.481 e. The van der Waals surface area contributed by atoms with E-state index in [-0.39, 0.29) is 12.0 Å². The van der Waals surface area contributed by atoms with Crippen LogP contribution in [0.1, 0.15) is 44.9 Å². The van der Waals surface area contributed by atoms with Gasteiger partial charge in [0.1, 0.15) is 0 Å². The number of hydrogen-bond acceptors (Lipinski definition) is 2. The highest BCUT2D eigenvalue weighted by atomic mass is 16.4. The molecular formula is C13H23NO2. The van der Waals surface area contributed by atoms with Crippen molar-refractivity contribution in [1.82, 2.24) is 4.90 Å². The van der Waals surface area contributed by atoms with E-state index < -0.39 is 5.97 Å². The first kappa shape index (κ1) is 13.2. The second-order valence-electron chi connectivity index (χ2n) is 4.85. The number of rotatable bonds is 6. The Hall–Kier alpha value is -0.830. The Labute approximate surface area is 98.1 Å². The average molecular weight is 225 g/mol. The Morgan fingerprint density at radius 1 is 1.44 bits per heavy atom. The summed E-state index contributed by atoms with van der Waals surface area (Å²) in [5.74, 6) is -0.674. The molecule has 92 valence electrons. The molecule has 1 fully saturated rings. The zero-order valence-corrected chi connectivity index (χ0v) is 10.2. The van der Waals surface area contributed by atoms with E-state index in [1.165, 1.54) is 6.42 Å². The summed E-state index contributed by atoms with van der Waals surface area (Å²) in [6, 6.07) is 0. The molecule has 1 aliphatic carbocycles. The first-order chi connectivity index (χ1) is 7.60. The van der Waals surface area contributed by atoms with Crippen molar-refractivity contribution >= 4 is 5.97 Å². The molecule has 0 saturated heterocycles. The molecule has 0 heterocycles. The lowest BCUT2D eigenvalue weighted by atomic mass is 9.78. The number of aliphatic carboxylic acids is 1. The van der Waals surface area contributed by atoms with E-state index >= 15 is 0 Å². The van der Waals surface area contributed by atoms with Crippen LogP contribution in [0.2, 0.25) is 0 Å². The molecule has 0 aromatic carbocycles. The van der Waals surface area contributed by atoms with Gasteiger partial charge in [0.2, 0.25) is 0 Å². The molecule has 3 nitrogen and oxygen atoms in total. The minimum absolute atomic E-state index is 0.104. The molecule has 0 spiro atoms. The van der Waals surface area contributed by atoms with Gasteiger partial charge >= 0.3 is 5.97 Å². The van der Waals surface area contributed by atoms with Crippen LogP contribution in [0.3, 0.4) is 0 Å². The highest BCUT2D eigenvalue weighted by Gasteiger charge is 2.37. The van der Waals surface area contributed by atoms with Crippen molar-refractivity contribution in [1.29, 1.82) is 0 Å². The molecular weight excluding hydrogens is 202 g/mol. The van der Waals surface area contributed by atoms with Crippen LogP contribution in [0.15, 0.2) is 12.7 Å². The van der Waals surface area contributed by atoms with Crippen LogP contribution in [0.4, 0.5) is 0 Å². The number of carboxylic acid groups (broad SMARTS) is 1. The fraction of sp³-hybridized carbons (Fsp3) is 0.769. The van der Waals surface area contributed by atoms with Gasteiger partial charge in [0.25, 0.3) is 0 Å². The van der Waals surface area contributed by atoms with Crippen molar-refractivity contribution in [2.75, 3.05) is 13.6 Å². The van der Waals surface area contributed by atoms with Crippen LogP contribution in [0.25, 0.3) is 0 Å². The third kappa shape index (κ3) is 3.34. The van der Waals surface area contributed by atoms with E-state index in [0.29, 0.717) is 0 Å². The summed E-state index contributed by atoms with van der Waals surface area (Å²) in [4.78, 5) is 13.2. The summed E-state index contributed by atoms with van der Waals surface area (Å²) in [5, 5.41) is 9.06. The van der Waals surface area contributed by atoms with E-state index in [2.05, 4.69) is 18.5 Å². The van der Waals surface area contributed by atoms with Crippen LogP contribution >= 0.6 is 0 Å². The Kier molecular flexibility index (Phi) is 5.00. The van der Waals surface area contributed by atoms with E-state index in [0.717, 1.165) is 38.6 Å². The number of nitrogens with zero attached hydrogens (tertiary/aromatic N) is 1.